The van der Waals surface area contributed by atoms with Crippen molar-refractivity contribution in [3.05, 3.63) is 46.4 Å². The minimum atomic E-state index is -0.104. The highest BCUT2D eigenvalue weighted by atomic mass is 16.2. The quantitative estimate of drug-likeness (QED) is 0.776. The number of hydrogen-bond donors (Lipinski definition) is 3. The van der Waals surface area contributed by atoms with Gasteiger partial charge in [0.05, 0.1) is 6.04 Å². The van der Waals surface area contributed by atoms with Crippen molar-refractivity contribution in [1.82, 2.24) is 15.6 Å². The molecule has 1 aliphatic heterocycles. The fourth-order valence-electron chi connectivity index (χ4n) is 2.63. The molecule has 3 rings (SSSR count). The molecule has 1 saturated heterocycles. The van der Waals surface area contributed by atoms with Crippen LogP contribution in [0.4, 0.5) is 0 Å². The van der Waals surface area contributed by atoms with E-state index in [1.54, 1.807) is 12.3 Å². The summed E-state index contributed by atoms with van der Waals surface area (Å²) < 4.78 is 0. The number of aromatic amines is 1. The van der Waals surface area contributed by atoms with E-state index in [4.69, 9.17) is 0 Å². The lowest BCUT2D eigenvalue weighted by atomic mass is 10.1. The molecule has 104 valence electrons. The Labute approximate surface area is 116 Å². The maximum Gasteiger partial charge on any atom is 0.255 e. The first-order valence-electron chi connectivity index (χ1n) is 6.86. The molecular weight excluding hydrogens is 254 g/mol. The molecule has 1 aromatic heterocycles. The summed E-state index contributed by atoms with van der Waals surface area (Å²) in [6, 6.07) is 7.34. The Morgan fingerprint density at radius 2 is 2.10 bits per heavy atom. The third-order valence-electron chi connectivity index (χ3n) is 3.73. The van der Waals surface area contributed by atoms with Crippen LogP contribution >= 0.6 is 0 Å². The lowest BCUT2D eigenvalue weighted by molar-refractivity contribution is -0.122. The molecule has 2 heterocycles. The highest BCUT2D eigenvalue weighted by Crippen LogP contribution is 2.14. The number of amides is 1. The molecule has 0 aliphatic carbocycles. The van der Waals surface area contributed by atoms with Crippen LogP contribution in [0, 0.1) is 0 Å². The number of carbonyl (C=O) groups excluding carboxylic acids is 1. The minimum Gasteiger partial charge on any atom is -0.351 e. The van der Waals surface area contributed by atoms with E-state index in [0.717, 1.165) is 30.3 Å². The molecule has 1 aliphatic rings. The minimum absolute atomic E-state index is 0.0257. The van der Waals surface area contributed by atoms with Gasteiger partial charge in [-0.1, -0.05) is 18.2 Å². The molecule has 2 aromatic rings. The molecule has 1 unspecified atom stereocenters. The topological polar surface area (TPSA) is 74.0 Å². The summed E-state index contributed by atoms with van der Waals surface area (Å²) in [5.74, 6) is 0.0257. The number of carbonyl (C=O) groups is 1. The second-order valence-electron chi connectivity index (χ2n) is 5.06. The Kier molecular flexibility index (Phi) is 3.52. The zero-order valence-electron chi connectivity index (χ0n) is 11.1. The van der Waals surface area contributed by atoms with Crippen molar-refractivity contribution in [3.8, 4) is 0 Å². The van der Waals surface area contributed by atoms with Crippen molar-refractivity contribution in [3.63, 3.8) is 0 Å². The van der Waals surface area contributed by atoms with Gasteiger partial charge >= 0.3 is 0 Å². The van der Waals surface area contributed by atoms with Crippen LogP contribution < -0.4 is 16.2 Å². The van der Waals surface area contributed by atoms with Crippen molar-refractivity contribution in [2.75, 3.05) is 6.54 Å². The molecule has 1 atom stereocenters. The monoisotopic (exact) mass is 271 g/mol. The second-order valence-corrected chi connectivity index (χ2v) is 5.06. The van der Waals surface area contributed by atoms with Crippen molar-refractivity contribution in [1.29, 1.82) is 0 Å². The summed E-state index contributed by atoms with van der Waals surface area (Å²) in [4.78, 5) is 26.4. The maximum absolute atomic E-state index is 12.0. The van der Waals surface area contributed by atoms with Crippen molar-refractivity contribution < 1.29 is 4.79 Å². The average Bonchev–Trinajstić information content (AvgIpc) is 3.01. The van der Waals surface area contributed by atoms with Crippen molar-refractivity contribution >= 4 is 16.7 Å². The predicted molar refractivity (Wildman–Crippen MR) is 77.4 cm³/mol. The molecule has 0 saturated carbocycles. The molecule has 5 nitrogen and oxygen atoms in total. The van der Waals surface area contributed by atoms with Gasteiger partial charge in [-0.25, -0.2) is 0 Å². The van der Waals surface area contributed by atoms with Gasteiger partial charge in [0.25, 0.3) is 5.56 Å². The normalized spacial score (nSPS) is 18.3. The predicted octanol–water partition coefficient (Wildman–Crippen LogP) is 0.896. The van der Waals surface area contributed by atoms with Crippen LogP contribution in [0.3, 0.4) is 0 Å². The fraction of sp³-hybridized carbons (Fsp3) is 0.333. The molecular formula is C15H17N3O2. The lowest BCUT2D eigenvalue weighted by Crippen LogP contribution is -2.40. The summed E-state index contributed by atoms with van der Waals surface area (Å²) in [5, 5.41) is 7.63. The Morgan fingerprint density at radius 3 is 2.85 bits per heavy atom. The van der Waals surface area contributed by atoms with Crippen molar-refractivity contribution in [2.24, 2.45) is 0 Å². The Hall–Kier alpha value is -2.14. The van der Waals surface area contributed by atoms with Gasteiger partial charge in [0.1, 0.15) is 0 Å². The Morgan fingerprint density at radius 1 is 1.30 bits per heavy atom. The number of hydrogen-bond acceptors (Lipinski definition) is 3. The number of nitrogens with one attached hydrogen (secondary N) is 3. The van der Waals surface area contributed by atoms with Gasteiger partial charge in [0.15, 0.2) is 0 Å². The van der Waals surface area contributed by atoms with E-state index < -0.39 is 0 Å². The molecule has 0 radical (unpaired) electrons. The summed E-state index contributed by atoms with van der Waals surface area (Å²) in [5.41, 5.74) is 0.819. The third-order valence-corrected chi connectivity index (χ3v) is 3.73. The van der Waals surface area contributed by atoms with Gasteiger partial charge in [0, 0.05) is 18.1 Å². The highest BCUT2D eigenvalue weighted by Gasteiger charge is 2.21. The first kappa shape index (κ1) is 12.9. The number of pyridine rings is 1. The number of fused-ring (bicyclic) bond motifs is 1. The average molecular weight is 271 g/mol. The van der Waals surface area contributed by atoms with E-state index in [-0.39, 0.29) is 17.5 Å². The van der Waals surface area contributed by atoms with E-state index >= 15 is 0 Å². The second kappa shape index (κ2) is 5.46. The SMILES string of the molecule is O=C(NCc1c[nH]c(=O)c2ccccc12)C1CCCN1. The lowest BCUT2D eigenvalue weighted by Gasteiger charge is -2.12. The third kappa shape index (κ3) is 2.44. The summed E-state index contributed by atoms with van der Waals surface area (Å²) in [6.07, 6.45) is 3.60. The zero-order chi connectivity index (χ0) is 13.9. The summed E-state index contributed by atoms with van der Waals surface area (Å²) >= 11 is 0. The standard InChI is InChI=1S/C15H17N3O2/c19-14-12-5-2-1-4-11(12)10(8-17-14)9-18-15(20)13-6-3-7-16-13/h1-2,4-5,8,13,16H,3,6-7,9H2,(H,17,19)(H,18,20). The van der Waals surface area contributed by atoms with Crippen LogP contribution in [0.25, 0.3) is 10.8 Å². The van der Waals surface area contributed by atoms with E-state index in [0.29, 0.717) is 11.9 Å². The molecule has 5 heteroatoms. The van der Waals surface area contributed by atoms with Crippen LogP contribution in [0.15, 0.2) is 35.3 Å². The molecule has 1 amide bonds. The molecule has 0 spiro atoms. The van der Waals surface area contributed by atoms with Gasteiger partial charge in [-0.2, -0.15) is 0 Å². The van der Waals surface area contributed by atoms with E-state index in [1.807, 2.05) is 18.2 Å². The molecule has 20 heavy (non-hydrogen) atoms. The van der Waals surface area contributed by atoms with Crippen LogP contribution in [0.1, 0.15) is 18.4 Å². The van der Waals surface area contributed by atoms with Gasteiger partial charge in [0.2, 0.25) is 5.91 Å². The smallest absolute Gasteiger partial charge is 0.255 e. The van der Waals surface area contributed by atoms with Crippen LogP contribution in [0.5, 0.6) is 0 Å². The maximum atomic E-state index is 12.0. The van der Waals surface area contributed by atoms with E-state index in [1.165, 1.54) is 0 Å². The molecule has 0 bridgehead atoms. The van der Waals surface area contributed by atoms with Crippen LogP contribution in [-0.2, 0) is 11.3 Å². The Balaban J connectivity index is 1.79. The molecule has 1 aromatic carbocycles. The molecule has 1 fully saturated rings. The van der Waals surface area contributed by atoms with Crippen LogP contribution in [-0.4, -0.2) is 23.5 Å². The number of rotatable bonds is 3. The highest BCUT2D eigenvalue weighted by molar-refractivity contribution is 5.86. The van der Waals surface area contributed by atoms with Gasteiger partial charge in [-0.3, -0.25) is 9.59 Å². The summed E-state index contributed by atoms with van der Waals surface area (Å²) in [6.45, 7) is 1.33. The van der Waals surface area contributed by atoms with Gasteiger partial charge < -0.3 is 15.6 Å². The van der Waals surface area contributed by atoms with E-state index in [9.17, 15) is 9.59 Å². The Bertz CT molecular complexity index is 687. The fourth-order valence-corrected chi connectivity index (χ4v) is 2.63. The van der Waals surface area contributed by atoms with E-state index in [2.05, 4.69) is 15.6 Å². The number of H-pyrrole nitrogens is 1. The zero-order valence-corrected chi connectivity index (χ0v) is 11.1. The summed E-state index contributed by atoms with van der Waals surface area (Å²) in [7, 11) is 0. The number of aromatic nitrogens is 1. The van der Waals surface area contributed by atoms with Gasteiger partial charge in [-0.05, 0) is 36.4 Å². The van der Waals surface area contributed by atoms with Crippen LogP contribution in [0.2, 0.25) is 0 Å². The van der Waals surface area contributed by atoms with Crippen molar-refractivity contribution in [2.45, 2.75) is 25.4 Å². The largest absolute Gasteiger partial charge is 0.351 e. The van der Waals surface area contributed by atoms with Gasteiger partial charge in [-0.15, -0.1) is 0 Å². The first-order chi connectivity index (χ1) is 9.75. The molecule has 3 N–H and O–H groups in total. The number of benzene rings is 1. The first-order valence-corrected chi connectivity index (χ1v) is 6.86.